The molecule has 0 aliphatic heterocycles. The Balaban J connectivity index is 3.98. The van der Waals surface area contributed by atoms with Crippen LogP contribution in [0.3, 0.4) is 0 Å². The van der Waals surface area contributed by atoms with Crippen LogP contribution in [-0.4, -0.2) is 34.1 Å². The van der Waals surface area contributed by atoms with Crippen molar-refractivity contribution in [2.45, 2.75) is 33.3 Å². The minimum absolute atomic E-state index is 0.0479. The summed E-state index contributed by atoms with van der Waals surface area (Å²) in [6, 6.07) is 0. The molecule has 0 fully saturated rings. The molecule has 0 radical (unpaired) electrons. The van der Waals surface area contributed by atoms with Crippen LogP contribution in [0.4, 0.5) is 0 Å². The molecule has 16 heavy (non-hydrogen) atoms. The van der Waals surface area contributed by atoms with Crippen molar-refractivity contribution in [3.63, 3.8) is 0 Å². The molecule has 0 rings (SSSR count). The van der Waals surface area contributed by atoms with E-state index in [4.69, 9.17) is 21.7 Å². The Hall–Kier alpha value is -0.620. The highest BCUT2D eigenvalue weighted by molar-refractivity contribution is 8.23. The van der Waals surface area contributed by atoms with Crippen LogP contribution in [0, 0.1) is 0 Å². The molecule has 0 saturated carbocycles. The van der Waals surface area contributed by atoms with Gasteiger partial charge in [-0.3, -0.25) is 4.79 Å². The van der Waals surface area contributed by atoms with Crippen LogP contribution >= 0.6 is 24.0 Å². The van der Waals surface area contributed by atoms with Gasteiger partial charge in [0.15, 0.2) is 0 Å². The summed E-state index contributed by atoms with van der Waals surface area (Å²) in [5.74, 6) is -1.49. The number of hydrogen-bond acceptors (Lipinski definition) is 6. The first-order valence-corrected chi connectivity index (χ1v) is 6.21. The standard InChI is InChI=1S/C10H16O4S2/c1-5-13-9(15)16-6-7(11)8(12)14-10(2,3)4/h5-6H2,1-4H3. The zero-order valence-corrected chi connectivity index (χ0v) is 11.5. The largest absolute Gasteiger partial charge is 0.479 e. The fourth-order valence-electron chi connectivity index (χ4n) is 0.678. The molecule has 0 bridgehead atoms. The second-order valence-electron chi connectivity index (χ2n) is 3.90. The highest BCUT2D eigenvalue weighted by atomic mass is 32.2. The average Bonchev–Trinajstić information content (AvgIpc) is 2.11. The van der Waals surface area contributed by atoms with Crippen molar-refractivity contribution >= 4 is 40.1 Å². The molecule has 0 aromatic rings. The molecule has 0 saturated heterocycles. The first-order valence-electron chi connectivity index (χ1n) is 4.82. The lowest BCUT2D eigenvalue weighted by Gasteiger charge is -2.18. The zero-order valence-electron chi connectivity index (χ0n) is 9.86. The van der Waals surface area contributed by atoms with Gasteiger partial charge >= 0.3 is 5.97 Å². The topological polar surface area (TPSA) is 52.6 Å². The molecule has 0 aromatic heterocycles. The monoisotopic (exact) mass is 264 g/mol. The average molecular weight is 264 g/mol. The number of esters is 1. The van der Waals surface area contributed by atoms with E-state index in [2.05, 4.69) is 0 Å². The first kappa shape index (κ1) is 15.4. The van der Waals surface area contributed by atoms with Gasteiger partial charge in [0.05, 0.1) is 12.4 Å². The summed E-state index contributed by atoms with van der Waals surface area (Å²) in [6.45, 7) is 7.36. The molecule has 0 aromatic carbocycles. The number of hydrogen-bond donors (Lipinski definition) is 0. The molecule has 0 N–H and O–H groups in total. The Kier molecular flexibility index (Phi) is 6.59. The lowest BCUT2D eigenvalue weighted by molar-refractivity contribution is -0.161. The number of rotatable bonds is 4. The summed E-state index contributed by atoms with van der Waals surface area (Å²) >= 11 is 5.83. The Morgan fingerprint density at radius 3 is 2.31 bits per heavy atom. The summed E-state index contributed by atoms with van der Waals surface area (Å²) in [5, 5.41) is 0. The first-order chi connectivity index (χ1) is 7.26. The zero-order chi connectivity index (χ0) is 12.8. The van der Waals surface area contributed by atoms with Gasteiger partial charge in [0, 0.05) is 0 Å². The number of ketones is 1. The predicted molar refractivity (Wildman–Crippen MR) is 67.5 cm³/mol. The highest BCUT2D eigenvalue weighted by Crippen LogP contribution is 2.10. The Morgan fingerprint density at radius 2 is 1.88 bits per heavy atom. The molecule has 0 spiro atoms. The Morgan fingerprint density at radius 1 is 1.31 bits per heavy atom. The smallest absolute Gasteiger partial charge is 0.376 e. The van der Waals surface area contributed by atoms with Gasteiger partial charge < -0.3 is 9.47 Å². The minimum atomic E-state index is -0.834. The summed E-state index contributed by atoms with van der Waals surface area (Å²) in [5.41, 5.74) is -0.655. The second kappa shape index (κ2) is 6.85. The van der Waals surface area contributed by atoms with Crippen molar-refractivity contribution in [3.05, 3.63) is 0 Å². The maximum Gasteiger partial charge on any atom is 0.376 e. The van der Waals surface area contributed by atoms with E-state index < -0.39 is 17.4 Å². The van der Waals surface area contributed by atoms with Gasteiger partial charge in [-0.2, -0.15) is 0 Å². The van der Waals surface area contributed by atoms with Gasteiger partial charge in [-0.05, 0) is 39.9 Å². The molecule has 0 aliphatic carbocycles. The van der Waals surface area contributed by atoms with Crippen molar-refractivity contribution in [2.75, 3.05) is 12.4 Å². The predicted octanol–water partition coefficient (Wildman–Crippen LogP) is 1.95. The van der Waals surface area contributed by atoms with Crippen molar-refractivity contribution in [1.29, 1.82) is 0 Å². The van der Waals surface area contributed by atoms with E-state index in [0.717, 1.165) is 11.8 Å². The summed E-state index contributed by atoms with van der Waals surface area (Å²) in [7, 11) is 0. The molecular formula is C10H16O4S2. The quantitative estimate of drug-likeness (QED) is 0.439. The van der Waals surface area contributed by atoms with Gasteiger partial charge in [-0.25, -0.2) is 4.79 Å². The molecule has 0 unspecified atom stereocenters. The third kappa shape index (κ3) is 7.64. The molecule has 0 aliphatic rings. The molecular weight excluding hydrogens is 248 g/mol. The van der Waals surface area contributed by atoms with Crippen LogP contribution in [0.2, 0.25) is 0 Å². The fraction of sp³-hybridized carbons (Fsp3) is 0.700. The van der Waals surface area contributed by atoms with E-state index in [9.17, 15) is 9.59 Å². The minimum Gasteiger partial charge on any atom is -0.479 e. The summed E-state index contributed by atoms with van der Waals surface area (Å²) < 4.78 is 10.1. The third-order valence-corrected chi connectivity index (χ3v) is 2.44. The van der Waals surface area contributed by atoms with Crippen molar-refractivity contribution in [2.24, 2.45) is 0 Å². The summed E-state index contributed by atoms with van der Waals surface area (Å²) in [4.78, 5) is 22.6. The number of thiocarbonyl (C=S) groups is 1. The fourth-order valence-corrected chi connectivity index (χ4v) is 1.54. The number of carbonyl (C=O) groups excluding carboxylic acids is 2. The van der Waals surface area contributed by atoms with Crippen LogP contribution in [0.25, 0.3) is 0 Å². The second-order valence-corrected chi connectivity index (χ2v) is 5.47. The molecule has 6 heteroatoms. The van der Waals surface area contributed by atoms with E-state index >= 15 is 0 Å². The van der Waals surface area contributed by atoms with Crippen LogP contribution < -0.4 is 0 Å². The molecule has 0 heterocycles. The van der Waals surface area contributed by atoms with Crippen molar-refractivity contribution in [1.82, 2.24) is 0 Å². The molecule has 0 atom stereocenters. The Labute approximate surface area is 105 Å². The van der Waals surface area contributed by atoms with Gasteiger partial charge in [-0.1, -0.05) is 11.8 Å². The third-order valence-electron chi connectivity index (χ3n) is 1.21. The van der Waals surface area contributed by atoms with Crippen molar-refractivity contribution in [3.8, 4) is 0 Å². The van der Waals surface area contributed by atoms with Crippen LogP contribution in [0.15, 0.2) is 0 Å². The molecule has 92 valence electrons. The van der Waals surface area contributed by atoms with E-state index in [1.165, 1.54) is 0 Å². The lowest BCUT2D eigenvalue weighted by Crippen LogP contribution is -2.30. The molecule has 0 amide bonds. The number of ether oxygens (including phenoxy) is 2. The lowest BCUT2D eigenvalue weighted by atomic mass is 10.2. The van der Waals surface area contributed by atoms with Crippen LogP contribution in [0.5, 0.6) is 0 Å². The van der Waals surface area contributed by atoms with Crippen LogP contribution in [-0.2, 0) is 19.1 Å². The maximum absolute atomic E-state index is 11.3. The van der Waals surface area contributed by atoms with Gasteiger partial charge in [0.2, 0.25) is 10.2 Å². The van der Waals surface area contributed by atoms with Gasteiger partial charge in [0.25, 0.3) is 0 Å². The normalized spacial score (nSPS) is 10.8. The van der Waals surface area contributed by atoms with Gasteiger partial charge in [0.1, 0.15) is 5.60 Å². The van der Waals surface area contributed by atoms with E-state index in [-0.39, 0.29) is 10.1 Å². The maximum atomic E-state index is 11.3. The Bertz CT molecular complexity index is 281. The van der Waals surface area contributed by atoms with E-state index in [1.807, 2.05) is 0 Å². The van der Waals surface area contributed by atoms with E-state index in [0.29, 0.717) is 6.61 Å². The van der Waals surface area contributed by atoms with Gasteiger partial charge in [-0.15, -0.1) is 0 Å². The van der Waals surface area contributed by atoms with E-state index in [1.54, 1.807) is 27.7 Å². The molecule has 4 nitrogen and oxygen atoms in total. The number of thioether (sulfide) groups is 1. The highest BCUT2D eigenvalue weighted by Gasteiger charge is 2.22. The van der Waals surface area contributed by atoms with Crippen LogP contribution in [0.1, 0.15) is 27.7 Å². The number of carbonyl (C=O) groups is 2. The summed E-state index contributed by atoms with van der Waals surface area (Å²) in [6.07, 6.45) is 0. The van der Waals surface area contributed by atoms with Crippen molar-refractivity contribution < 1.29 is 19.1 Å². The SMILES string of the molecule is CCOC(=S)SCC(=O)C(=O)OC(C)(C)C. The number of Topliss-reactive ketones (excluding diaryl/α,β-unsaturated/α-hetero) is 1.